The molecule has 2 heterocycles. The third-order valence-corrected chi connectivity index (χ3v) is 4.43. The Bertz CT molecular complexity index is 578. The minimum Gasteiger partial charge on any atom is -0.490 e. The summed E-state index contributed by atoms with van der Waals surface area (Å²) < 4.78 is 17.0. The Labute approximate surface area is 143 Å². The minimum atomic E-state index is -0.0166. The lowest BCUT2D eigenvalue weighted by molar-refractivity contribution is -0.121. The molecule has 1 N–H and O–H groups in total. The second-order valence-electron chi connectivity index (χ2n) is 6.40. The Morgan fingerprint density at radius 3 is 2.88 bits per heavy atom. The largest absolute Gasteiger partial charge is 0.490 e. The highest BCUT2D eigenvalue weighted by atomic mass is 16.5. The molecule has 1 aromatic carbocycles. The van der Waals surface area contributed by atoms with Crippen LogP contribution in [0.5, 0.6) is 11.5 Å². The van der Waals surface area contributed by atoms with E-state index in [9.17, 15) is 4.79 Å². The molecule has 1 aromatic rings. The lowest BCUT2D eigenvalue weighted by Gasteiger charge is -2.37. The number of nitrogens with one attached hydrogen (secondary N) is 1. The maximum atomic E-state index is 12.4. The summed E-state index contributed by atoms with van der Waals surface area (Å²) in [6.45, 7) is 7.31. The van der Waals surface area contributed by atoms with Crippen LogP contribution in [0.1, 0.15) is 26.7 Å². The van der Waals surface area contributed by atoms with Gasteiger partial charge in [-0.05, 0) is 25.5 Å². The summed E-state index contributed by atoms with van der Waals surface area (Å²) in [6, 6.07) is 5.83. The molecular formula is C18H26N2O4. The van der Waals surface area contributed by atoms with Crippen LogP contribution in [0.3, 0.4) is 0 Å². The van der Waals surface area contributed by atoms with E-state index in [1.807, 2.05) is 25.1 Å². The Morgan fingerprint density at radius 1 is 1.29 bits per heavy atom. The van der Waals surface area contributed by atoms with Crippen molar-refractivity contribution in [2.45, 2.75) is 38.8 Å². The van der Waals surface area contributed by atoms with Gasteiger partial charge in [-0.2, -0.15) is 0 Å². The molecule has 0 aliphatic carbocycles. The number of carbonyl (C=O) groups is 1. The van der Waals surface area contributed by atoms with E-state index >= 15 is 0 Å². The second-order valence-corrected chi connectivity index (χ2v) is 6.40. The van der Waals surface area contributed by atoms with Crippen LogP contribution >= 0.6 is 0 Å². The van der Waals surface area contributed by atoms with Crippen molar-refractivity contribution >= 4 is 11.6 Å². The van der Waals surface area contributed by atoms with Gasteiger partial charge in [0.1, 0.15) is 0 Å². The van der Waals surface area contributed by atoms with Crippen molar-refractivity contribution in [1.29, 1.82) is 0 Å². The van der Waals surface area contributed by atoms with Gasteiger partial charge in [0, 0.05) is 30.8 Å². The summed E-state index contributed by atoms with van der Waals surface area (Å²) >= 11 is 0. The molecule has 0 radical (unpaired) electrons. The number of fused-ring (bicyclic) bond motifs is 1. The van der Waals surface area contributed by atoms with Gasteiger partial charge in [0.25, 0.3) is 0 Å². The Balaban J connectivity index is 1.61. The molecular weight excluding hydrogens is 308 g/mol. The SMILES string of the molecule is CC[C@H]1CO[C@@H](C)CN1CC(=O)Nc1ccc2c(c1)OCCCO2. The van der Waals surface area contributed by atoms with Crippen molar-refractivity contribution in [1.82, 2.24) is 4.90 Å². The van der Waals surface area contributed by atoms with Crippen LogP contribution in [0.2, 0.25) is 0 Å². The molecule has 0 unspecified atom stereocenters. The molecule has 1 fully saturated rings. The molecule has 2 aliphatic heterocycles. The number of anilines is 1. The molecule has 0 spiro atoms. The van der Waals surface area contributed by atoms with E-state index in [0.29, 0.717) is 38.2 Å². The summed E-state index contributed by atoms with van der Waals surface area (Å²) in [6.07, 6.45) is 2.01. The van der Waals surface area contributed by atoms with Crippen molar-refractivity contribution in [2.75, 3.05) is 38.2 Å². The second kappa shape index (κ2) is 7.85. The molecule has 6 heteroatoms. The fraction of sp³-hybridized carbons (Fsp3) is 0.611. The number of carbonyl (C=O) groups excluding carboxylic acids is 1. The van der Waals surface area contributed by atoms with Crippen molar-refractivity contribution in [2.24, 2.45) is 0 Å². The van der Waals surface area contributed by atoms with E-state index in [1.54, 1.807) is 0 Å². The summed E-state index contributed by atoms with van der Waals surface area (Å²) in [5, 5.41) is 2.96. The molecule has 1 amide bonds. The fourth-order valence-electron chi connectivity index (χ4n) is 3.11. The highest BCUT2D eigenvalue weighted by Crippen LogP contribution is 2.32. The van der Waals surface area contributed by atoms with Crippen molar-refractivity contribution < 1.29 is 19.0 Å². The summed E-state index contributed by atoms with van der Waals surface area (Å²) in [4.78, 5) is 14.6. The van der Waals surface area contributed by atoms with Gasteiger partial charge in [-0.15, -0.1) is 0 Å². The first kappa shape index (κ1) is 17.0. The van der Waals surface area contributed by atoms with Crippen LogP contribution in [0, 0.1) is 0 Å². The van der Waals surface area contributed by atoms with Crippen LogP contribution < -0.4 is 14.8 Å². The van der Waals surface area contributed by atoms with Crippen LogP contribution in [0.15, 0.2) is 18.2 Å². The number of benzene rings is 1. The van der Waals surface area contributed by atoms with E-state index in [1.165, 1.54) is 0 Å². The van der Waals surface area contributed by atoms with Gasteiger partial charge >= 0.3 is 0 Å². The standard InChI is InChI=1S/C18H26N2O4/c1-3-15-12-24-13(2)10-20(15)11-18(21)19-14-5-6-16-17(9-14)23-8-4-7-22-16/h5-6,9,13,15H,3-4,7-8,10-12H2,1-2H3,(H,19,21)/t13-,15-/m0/s1. The van der Waals surface area contributed by atoms with E-state index in [4.69, 9.17) is 14.2 Å². The number of nitrogens with zero attached hydrogens (tertiary/aromatic N) is 1. The maximum absolute atomic E-state index is 12.4. The number of amides is 1. The van der Waals surface area contributed by atoms with E-state index in [0.717, 1.165) is 30.8 Å². The molecule has 132 valence electrons. The minimum absolute atomic E-state index is 0.0166. The third kappa shape index (κ3) is 4.19. The molecule has 2 atom stereocenters. The monoisotopic (exact) mass is 334 g/mol. The average Bonchev–Trinajstić information content (AvgIpc) is 2.80. The predicted molar refractivity (Wildman–Crippen MR) is 91.7 cm³/mol. The molecule has 0 bridgehead atoms. The Hall–Kier alpha value is -1.79. The summed E-state index contributed by atoms with van der Waals surface area (Å²) in [5.74, 6) is 1.41. The highest BCUT2D eigenvalue weighted by molar-refractivity contribution is 5.92. The summed E-state index contributed by atoms with van der Waals surface area (Å²) in [7, 11) is 0. The lowest BCUT2D eigenvalue weighted by Crippen LogP contribution is -2.51. The van der Waals surface area contributed by atoms with Crippen LogP contribution in [-0.2, 0) is 9.53 Å². The Kier molecular flexibility index (Phi) is 5.58. The van der Waals surface area contributed by atoms with Crippen molar-refractivity contribution in [3.05, 3.63) is 18.2 Å². The normalized spacial score (nSPS) is 24.2. The first-order valence-electron chi connectivity index (χ1n) is 8.71. The first-order valence-corrected chi connectivity index (χ1v) is 8.71. The molecule has 24 heavy (non-hydrogen) atoms. The number of ether oxygens (including phenoxy) is 3. The molecule has 0 aromatic heterocycles. The average molecular weight is 334 g/mol. The van der Waals surface area contributed by atoms with Gasteiger partial charge in [-0.3, -0.25) is 9.69 Å². The molecule has 1 saturated heterocycles. The smallest absolute Gasteiger partial charge is 0.238 e. The van der Waals surface area contributed by atoms with Gasteiger partial charge in [0.2, 0.25) is 5.91 Å². The highest BCUT2D eigenvalue weighted by Gasteiger charge is 2.27. The zero-order valence-electron chi connectivity index (χ0n) is 14.4. The third-order valence-electron chi connectivity index (χ3n) is 4.43. The lowest BCUT2D eigenvalue weighted by atomic mass is 10.1. The number of hydrogen-bond donors (Lipinski definition) is 1. The topological polar surface area (TPSA) is 60.0 Å². The van der Waals surface area contributed by atoms with E-state index < -0.39 is 0 Å². The zero-order chi connectivity index (χ0) is 16.9. The first-order chi connectivity index (χ1) is 11.7. The van der Waals surface area contributed by atoms with Crippen molar-refractivity contribution in [3.8, 4) is 11.5 Å². The van der Waals surface area contributed by atoms with Crippen LogP contribution in [0.4, 0.5) is 5.69 Å². The van der Waals surface area contributed by atoms with E-state index in [-0.39, 0.29) is 12.0 Å². The van der Waals surface area contributed by atoms with Gasteiger partial charge in [-0.1, -0.05) is 6.92 Å². The fourth-order valence-corrected chi connectivity index (χ4v) is 3.11. The number of hydrogen-bond acceptors (Lipinski definition) is 5. The zero-order valence-corrected chi connectivity index (χ0v) is 14.4. The molecule has 2 aliphatic rings. The van der Waals surface area contributed by atoms with Gasteiger partial charge < -0.3 is 19.5 Å². The van der Waals surface area contributed by atoms with Gasteiger partial charge in [-0.25, -0.2) is 0 Å². The number of rotatable bonds is 4. The van der Waals surface area contributed by atoms with Crippen molar-refractivity contribution in [3.63, 3.8) is 0 Å². The molecule has 0 saturated carbocycles. The molecule has 6 nitrogen and oxygen atoms in total. The van der Waals surface area contributed by atoms with Crippen LogP contribution in [0.25, 0.3) is 0 Å². The van der Waals surface area contributed by atoms with Gasteiger partial charge in [0.15, 0.2) is 11.5 Å². The predicted octanol–water partition coefficient (Wildman–Crippen LogP) is 2.29. The van der Waals surface area contributed by atoms with E-state index in [2.05, 4.69) is 17.1 Å². The molecule has 3 rings (SSSR count). The number of morpholine rings is 1. The maximum Gasteiger partial charge on any atom is 0.238 e. The van der Waals surface area contributed by atoms with Crippen LogP contribution in [-0.4, -0.2) is 55.9 Å². The quantitative estimate of drug-likeness (QED) is 0.915. The Morgan fingerprint density at radius 2 is 2.08 bits per heavy atom. The van der Waals surface area contributed by atoms with Gasteiger partial charge in [0.05, 0.1) is 32.5 Å². The summed E-state index contributed by atoms with van der Waals surface area (Å²) in [5.41, 5.74) is 0.735.